The highest BCUT2D eigenvalue weighted by atomic mass is 16.5. The number of morpholine rings is 1. The van der Waals surface area contributed by atoms with Crippen LogP contribution in [0.1, 0.15) is 42.8 Å². The minimum absolute atomic E-state index is 0.0251. The molecule has 1 fully saturated rings. The van der Waals surface area contributed by atoms with Crippen LogP contribution in [0.25, 0.3) is 16.9 Å². The molecule has 4 N–H and O–H groups in total. The number of aliphatic hydroxyl groups is 1. The summed E-state index contributed by atoms with van der Waals surface area (Å²) >= 11 is 0. The van der Waals surface area contributed by atoms with Crippen LogP contribution in [0.15, 0.2) is 61.3 Å². The molecule has 1 unspecified atom stereocenters. The van der Waals surface area contributed by atoms with E-state index in [1.807, 2.05) is 48.7 Å². The molecule has 3 aromatic rings. The number of nitrogens with zero attached hydrogens (tertiary/aromatic N) is 2. The van der Waals surface area contributed by atoms with E-state index in [-0.39, 0.29) is 17.4 Å². The highest BCUT2D eigenvalue weighted by Gasteiger charge is 2.21. The normalized spacial score (nSPS) is 15.4. The van der Waals surface area contributed by atoms with Crippen LogP contribution in [0.4, 0.5) is 0 Å². The predicted octanol–water partition coefficient (Wildman–Crippen LogP) is 4.24. The average Bonchev–Trinajstić information content (AvgIpc) is 3.25. The summed E-state index contributed by atoms with van der Waals surface area (Å²) in [6, 6.07) is 15.1. The third-order valence-corrected chi connectivity index (χ3v) is 6.21. The highest BCUT2D eigenvalue weighted by Crippen LogP contribution is 2.40. The van der Waals surface area contributed by atoms with Crippen molar-refractivity contribution in [3.05, 3.63) is 78.1 Å². The number of aliphatic hydroxyl groups excluding tert-OH is 1. The molecule has 1 aromatic heterocycles. The van der Waals surface area contributed by atoms with E-state index in [1.165, 1.54) is 17.8 Å². The molecule has 0 saturated carbocycles. The van der Waals surface area contributed by atoms with Gasteiger partial charge >= 0.3 is 0 Å². The van der Waals surface area contributed by atoms with Gasteiger partial charge in [-0.2, -0.15) is 0 Å². The SMILES string of the molecule is C=CNC(O)c1ccc(-c2cc(C(C)C)c(O)cc2O)n1-c1ccc(CN2CCOCC2)cc1. The lowest BCUT2D eigenvalue weighted by molar-refractivity contribution is 0.0342. The summed E-state index contributed by atoms with van der Waals surface area (Å²) in [5, 5.41) is 34.6. The first kappa shape index (κ1) is 23.9. The number of phenols is 2. The fourth-order valence-electron chi connectivity index (χ4n) is 4.39. The minimum atomic E-state index is -0.983. The standard InChI is InChI=1S/C27H33N3O4/c1-4-28-27(33)24-10-9-23(22-15-21(18(2)3)25(31)16-26(22)32)30(24)20-7-5-19(6-8-20)17-29-11-13-34-14-12-29/h4-10,15-16,18,27-28,31-33H,1,11-14,17H2,2-3H3. The Morgan fingerprint density at radius 3 is 2.38 bits per heavy atom. The van der Waals surface area contributed by atoms with Gasteiger partial charge in [-0.05, 0) is 53.6 Å². The Kier molecular flexibility index (Phi) is 7.26. The van der Waals surface area contributed by atoms with E-state index in [0.717, 1.165) is 44.1 Å². The molecule has 0 bridgehead atoms. The van der Waals surface area contributed by atoms with E-state index >= 15 is 0 Å². The van der Waals surface area contributed by atoms with Crippen LogP contribution >= 0.6 is 0 Å². The highest BCUT2D eigenvalue weighted by molar-refractivity contribution is 5.73. The number of aromatic hydroxyl groups is 2. The Bertz CT molecular complexity index is 1130. The van der Waals surface area contributed by atoms with Gasteiger partial charge in [-0.15, -0.1) is 0 Å². The van der Waals surface area contributed by atoms with Crippen molar-refractivity contribution in [2.45, 2.75) is 32.5 Å². The molecule has 1 atom stereocenters. The molecule has 0 spiro atoms. The van der Waals surface area contributed by atoms with Crippen LogP contribution < -0.4 is 5.32 Å². The molecule has 1 aliphatic heterocycles. The number of benzene rings is 2. The molecule has 0 aliphatic carbocycles. The fourth-order valence-corrected chi connectivity index (χ4v) is 4.39. The zero-order chi connectivity index (χ0) is 24.2. The summed E-state index contributed by atoms with van der Waals surface area (Å²) in [5.74, 6) is 0.119. The smallest absolute Gasteiger partial charge is 0.166 e. The first-order valence-electron chi connectivity index (χ1n) is 11.6. The van der Waals surface area contributed by atoms with E-state index in [4.69, 9.17) is 4.74 Å². The molecule has 34 heavy (non-hydrogen) atoms. The van der Waals surface area contributed by atoms with Crippen molar-refractivity contribution in [3.63, 3.8) is 0 Å². The number of phenolic OH excluding ortho intramolecular Hbond substituents is 2. The second-order valence-electron chi connectivity index (χ2n) is 8.89. The van der Waals surface area contributed by atoms with E-state index in [0.29, 0.717) is 17.0 Å². The molecule has 1 saturated heterocycles. The van der Waals surface area contributed by atoms with E-state index < -0.39 is 6.23 Å². The van der Waals surface area contributed by atoms with Crippen LogP contribution in [0.5, 0.6) is 11.5 Å². The first-order valence-corrected chi connectivity index (χ1v) is 11.6. The van der Waals surface area contributed by atoms with Crippen molar-refractivity contribution in [3.8, 4) is 28.4 Å². The number of rotatable bonds is 8. The Morgan fingerprint density at radius 2 is 1.74 bits per heavy atom. The monoisotopic (exact) mass is 463 g/mol. The molecule has 7 heteroatoms. The van der Waals surface area contributed by atoms with Gasteiger partial charge in [0, 0.05) is 37.0 Å². The largest absolute Gasteiger partial charge is 0.508 e. The molecule has 4 rings (SSSR count). The maximum atomic E-state index is 10.7. The lowest BCUT2D eigenvalue weighted by Gasteiger charge is -2.26. The van der Waals surface area contributed by atoms with Crippen LogP contribution in [0.2, 0.25) is 0 Å². The number of ether oxygens (including phenoxy) is 1. The van der Waals surface area contributed by atoms with Gasteiger partial charge in [0.1, 0.15) is 11.5 Å². The molecular weight excluding hydrogens is 430 g/mol. The van der Waals surface area contributed by atoms with Crippen molar-refractivity contribution in [1.29, 1.82) is 0 Å². The van der Waals surface area contributed by atoms with Gasteiger partial charge in [0.05, 0.1) is 24.6 Å². The summed E-state index contributed by atoms with van der Waals surface area (Å²) < 4.78 is 7.35. The molecule has 2 heterocycles. The van der Waals surface area contributed by atoms with Gasteiger partial charge in [0.25, 0.3) is 0 Å². The van der Waals surface area contributed by atoms with Gasteiger partial charge in [0.15, 0.2) is 6.23 Å². The van der Waals surface area contributed by atoms with Crippen LogP contribution in [0, 0.1) is 0 Å². The van der Waals surface area contributed by atoms with Crippen molar-refractivity contribution in [2.75, 3.05) is 26.3 Å². The van der Waals surface area contributed by atoms with E-state index in [2.05, 4.69) is 28.9 Å². The molecule has 7 nitrogen and oxygen atoms in total. The molecule has 0 amide bonds. The summed E-state index contributed by atoms with van der Waals surface area (Å²) in [4.78, 5) is 2.37. The van der Waals surface area contributed by atoms with Crippen molar-refractivity contribution >= 4 is 0 Å². The Labute approximate surface area is 200 Å². The average molecular weight is 464 g/mol. The molecule has 2 aromatic carbocycles. The van der Waals surface area contributed by atoms with Gasteiger partial charge in [0.2, 0.25) is 0 Å². The Balaban J connectivity index is 1.76. The van der Waals surface area contributed by atoms with Gasteiger partial charge < -0.3 is 29.9 Å². The van der Waals surface area contributed by atoms with E-state index in [9.17, 15) is 15.3 Å². The van der Waals surface area contributed by atoms with Crippen molar-refractivity contribution in [1.82, 2.24) is 14.8 Å². The van der Waals surface area contributed by atoms with E-state index in [1.54, 1.807) is 0 Å². The lowest BCUT2D eigenvalue weighted by Crippen LogP contribution is -2.35. The summed E-state index contributed by atoms with van der Waals surface area (Å²) in [5.41, 5.74) is 4.68. The number of nitrogens with one attached hydrogen (secondary N) is 1. The number of aromatic nitrogens is 1. The first-order chi connectivity index (χ1) is 16.4. The zero-order valence-electron chi connectivity index (χ0n) is 19.7. The van der Waals surface area contributed by atoms with Gasteiger partial charge in [-0.25, -0.2) is 0 Å². The topological polar surface area (TPSA) is 90.1 Å². The third-order valence-electron chi connectivity index (χ3n) is 6.21. The molecule has 1 aliphatic rings. The van der Waals surface area contributed by atoms with Crippen LogP contribution in [0.3, 0.4) is 0 Å². The second-order valence-corrected chi connectivity index (χ2v) is 8.89. The molecule has 180 valence electrons. The van der Waals surface area contributed by atoms with Gasteiger partial charge in [-0.3, -0.25) is 4.90 Å². The maximum absolute atomic E-state index is 10.7. The zero-order valence-corrected chi connectivity index (χ0v) is 19.7. The third kappa shape index (κ3) is 4.97. The Morgan fingerprint density at radius 1 is 1.03 bits per heavy atom. The molecular formula is C27H33N3O4. The number of hydrogen-bond acceptors (Lipinski definition) is 6. The lowest BCUT2D eigenvalue weighted by atomic mass is 9.97. The number of hydrogen-bond donors (Lipinski definition) is 4. The van der Waals surface area contributed by atoms with Crippen molar-refractivity contribution < 1.29 is 20.1 Å². The fraction of sp³-hybridized carbons (Fsp3) is 0.333. The molecule has 0 radical (unpaired) electrons. The quantitative estimate of drug-likeness (QED) is 0.374. The van der Waals surface area contributed by atoms with Crippen LogP contribution in [-0.2, 0) is 11.3 Å². The Hall–Kier alpha value is -3.26. The minimum Gasteiger partial charge on any atom is -0.508 e. The summed E-state index contributed by atoms with van der Waals surface area (Å²) in [6.07, 6.45) is 0.463. The maximum Gasteiger partial charge on any atom is 0.166 e. The predicted molar refractivity (Wildman–Crippen MR) is 133 cm³/mol. The van der Waals surface area contributed by atoms with Crippen LogP contribution in [-0.4, -0.2) is 51.1 Å². The second kappa shape index (κ2) is 10.3. The van der Waals surface area contributed by atoms with Gasteiger partial charge in [-0.1, -0.05) is 32.6 Å². The van der Waals surface area contributed by atoms with Crippen molar-refractivity contribution in [2.24, 2.45) is 0 Å². The summed E-state index contributed by atoms with van der Waals surface area (Å²) in [7, 11) is 0. The summed E-state index contributed by atoms with van der Waals surface area (Å²) in [6.45, 7) is 11.9.